The van der Waals surface area contributed by atoms with Crippen LogP contribution in [0.4, 0.5) is 4.39 Å². The molecule has 3 nitrogen and oxygen atoms in total. The zero-order valence-electron chi connectivity index (χ0n) is 14.3. The van der Waals surface area contributed by atoms with Crippen molar-refractivity contribution in [2.75, 3.05) is 7.11 Å². The summed E-state index contributed by atoms with van der Waals surface area (Å²) >= 11 is 3.17. The predicted molar refractivity (Wildman–Crippen MR) is 104 cm³/mol. The van der Waals surface area contributed by atoms with Gasteiger partial charge in [-0.2, -0.15) is 0 Å². The van der Waals surface area contributed by atoms with E-state index in [1.807, 2.05) is 12.2 Å². The van der Waals surface area contributed by atoms with Crippen LogP contribution in [0.25, 0.3) is 12.2 Å². The molecular formula is C21H18BrFO3. The second-order valence-electron chi connectivity index (χ2n) is 6.13. The summed E-state index contributed by atoms with van der Waals surface area (Å²) in [5, 5.41) is 9.69. The van der Waals surface area contributed by atoms with E-state index in [0.29, 0.717) is 28.6 Å². The Bertz CT molecular complexity index is 915. The van der Waals surface area contributed by atoms with Crippen molar-refractivity contribution in [1.29, 1.82) is 0 Å². The van der Waals surface area contributed by atoms with Gasteiger partial charge in [-0.25, -0.2) is 4.39 Å². The summed E-state index contributed by atoms with van der Waals surface area (Å²) in [6.45, 7) is 0. The predicted octanol–water partition coefficient (Wildman–Crippen LogP) is 5.52. The van der Waals surface area contributed by atoms with Crippen molar-refractivity contribution >= 4 is 33.9 Å². The first-order chi connectivity index (χ1) is 12.5. The molecule has 1 N–H and O–H groups in total. The molecule has 0 bridgehead atoms. The number of phenols is 1. The summed E-state index contributed by atoms with van der Waals surface area (Å²) in [4.78, 5) is 12.8. The van der Waals surface area contributed by atoms with Gasteiger partial charge in [0.25, 0.3) is 0 Å². The van der Waals surface area contributed by atoms with Crippen LogP contribution >= 0.6 is 15.9 Å². The largest absolute Gasteiger partial charge is 0.504 e. The first-order valence-electron chi connectivity index (χ1n) is 8.26. The molecule has 0 saturated heterocycles. The van der Waals surface area contributed by atoms with Crippen LogP contribution in [0, 0.1) is 5.82 Å². The third-order valence-electron chi connectivity index (χ3n) is 4.30. The number of allylic oxidation sites excluding steroid dienone is 2. The van der Waals surface area contributed by atoms with Crippen LogP contribution in [-0.4, -0.2) is 18.0 Å². The number of Topliss-reactive ketones (excluding diaryl/α,β-unsaturated/α-hetero) is 1. The van der Waals surface area contributed by atoms with Crippen LogP contribution in [0.1, 0.15) is 30.4 Å². The van der Waals surface area contributed by atoms with Gasteiger partial charge in [-0.1, -0.05) is 12.1 Å². The van der Waals surface area contributed by atoms with Crippen LogP contribution in [0.3, 0.4) is 0 Å². The second-order valence-corrected chi connectivity index (χ2v) is 6.98. The normalized spacial score (nSPS) is 17.7. The van der Waals surface area contributed by atoms with Crippen molar-refractivity contribution in [1.82, 2.24) is 0 Å². The highest BCUT2D eigenvalue weighted by molar-refractivity contribution is 9.10. The first kappa shape index (κ1) is 18.4. The summed E-state index contributed by atoms with van der Waals surface area (Å²) in [6.07, 6.45) is 5.92. The van der Waals surface area contributed by atoms with Crippen molar-refractivity contribution in [3.63, 3.8) is 0 Å². The molecule has 134 valence electrons. The summed E-state index contributed by atoms with van der Waals surface area (Å²) in [5.74, 6) is 0.106. The fraction of sp³-hybridized carbons (Fsp3) is 0.190. The van der Waals surface area contributed by atoms with E-state index in [1.165, 1.54) is 13.2 Å². The summed E-state index contributed by atoms with van der Waals surface area (Å²) in [6, 6.07) is 9.69. The number of methoxy groups -OCH3 is 1. The minimum absolute atomic E-state index is 0.00346. The van der Waals surface area contributed by atoms with Gasteiger partial charge in [0.15, 0.2) is 17.3 Å². The third-order valence-corrected chi connectivity index (χ3v) is 4.91. The van der Waals surface area contributed by atoms with E-state index < -0.39 is 0 Å². The third kappa shape index (κ3) is 4.05. The van der Waals surface area contributed by atoms with Crippen LogP contribution in [0.5, 0.6) is 11.5 Å². The van der Waals surface area contributed by atoms with Gasteiger partial charge in [0.2, 0.25) is 0 Å². The molecule has 5 heteroatoms. The van der Waals surface area contributed by atoms with Crippen molar-refractivity contribution in [2.45, 2.75) is 19.3 Å². The fourth-order valence-electron chi connectivity index (χ4n) is 2.97. The minimum Gasteiger partial charge on any atom is -0.504 e. The highest BCUT2D eigenvalue weighted by atomic mass is 79.9. The number of benzene rings is 2. The van der Waals surface area contributed by atoms with Crippen molar-refractivity contribution in [3.05, 3.63) is 69.0 Å². The van der Waals surface area contributed by atoms with E-state index in [1.54, 1.807) is 30.3 Å². The maximum atomic E-state index is 13.4. The van der Waals surface area contributed by atoms with E-state index >= 15 is 0 Å². The highest BCUT2D eigenvalue weighted by Crippen LogP contribution is 2.31. The molecular weight excluding hydrogens is 399 g/mol. The van der Waals surface area contributed by atoms with Gasteiger partial charge >= 0.3 is 0 Å². The molecule has 3 rings (SSSR count). The molecule has 1 aliphatic rings. The van der Waals surface area contributed by atoms with Crippen LogP contribution in [-0.2, 0) is 4.79 Å². The molecule has 0 unspecified atom stereocenters. The lowest BCUT2D eigenvalue weighted by molar-refractivity contribution is -0.112. The number of ether oxygens (including phenoxy) is 1. The van der Waals surface area contributed by atoms with Gasteiger partial charge in [0, 0.05) is 11.1 Å². The SMILES string of the molecule is COc1cc(/C=C2\CCC/C(=C\c3ccc(F)c(Br)c3)C2=O)ccc1O. The lowest BCUT2D eigenvalue weighted by Crippen LogP contribution is -2.12. The molecule has 1 fully saturated rings. The van der Waals surface area contributed by atoms with Crippen molar-refractivity contribution < 1.29 is 19.0 Å². The number of ketones is 1. The highest BCUT2D eigenvalue weighted by Gasteiger charge is 2.20. The Morgan fingerprint density at radius 2 is 1.69 bits per heavy atom. The Balaban J connectivity index is 1.89. The molecule has 0 radical (unpaired) electrons. The summed E-state index contributed by atoms with van der Waals surface area (Å²) in [5.41, 5.74) is 3.02. The quantitative estimate of drug-likeness (QED) is 0.669. The molecule has 2 aromatic carbocycles. The van der Waals surface area contributed by atoms with E-state index in [-0.39, 0.29) is 17.3 Å². The maximum Gasteiger partial charge on any atom is 0.185 e. The molecule has 1 aliphatic carbocycles. The number of halogens is 2. The molecule has 0 spiro atoms. The molecule has 0 heterocycles. The number of hydrogen-bond acceptors (Lipinski definition) is 3. The Labute approximate surface area is 159 Å². The van der Waals surface area contributed by atoms with E-state index in [4.69, 9.17) is 4.74 Å². The molecule has 0 atom stereocenters. The number of rotatable bonds is 3. The lowest BCUT2D eigenvalue weighted by Gasteiger charge is -2.17. The van der Waals surface area contributed by atoms with Gasteiger partial charge in [-0.15, -0.1) is 0 Å². The number of carbonyl (C=O) groups excluding carboxylic acids is 1. The number of aromatic hydroxyl groups is 1. The van der Waals surface area contributed by atoms with Crippen molar-refractivity contribution in [3.8, 4) is 11.5 Å². The van der Waals surface area contributed by atoms with Gasteiger partial charge in [-0.3, -0.25) is 4.79 Å². The zero-order chi connectivity index (χ0) is 18.7. The smallest absolute Gasteiger partial charge is 0.185 e. The minimum atomic E-state index is -0.330. The van der Waals surface area contributed by atoms with E-state index in [0.717, 1.165) is 23.1 Å². The molecule has 0 amide bonds. The number of hydrogen-bond donors (Lipinski definition) is 1. The van der Waals surface area contributed by atoms with Gasteiger partial charge in [0.05, 0.1) is 11.6 Å². The topological polar surface area (TPSA) is 46.5 Å². The summed E-state index contributed by atoms with van der Waals surface area (Å²) < 4.78 is 18.9. The van der Waals surface area contributed by atoms with E-state index in [9.17, 15) is 14.3 Å². The second kappa shape index (κ2) is 7.87. The zero-order valence-corrected chi connectivity index (χ0v) is 15.8. The fourth-order valence-corrected chi connectivity index (χ4v) is 3.36. The molecule has 0 aromatic heterocycles. The van der Waals surface area contributed by atoms with Crippen LogP contribution in [0.15, 0.2) is 52.0 Å². The average molecular weight is 417 g/mol. The molecule has 26 heavy (non-hydrogen) atoms. The Kier molecular flexibility index (Phi) is 5.57. The maximum absolute atomic E-state index is 13.4. The standard InChI is InChI=1S/C21H18BrFO3/c1-26-20-12-14(6-8-19(20)24)10-16-4-2-3-15(21(16)25)9-13-5-7-18(23)17(22)11-13/h5-12,24H,2-4H2,1H3/b15-9+,16-10+. The van der Waals surface area contributed by atoms with E-state index in [2.05, 4.69) is 15.9 Å². The molecule has 0 aliphatic heterocycles. The van der Waals surface area contributed by atoms with Gasteiger partial charge in [-0.05, 0) is 82.7 Å². The Morgan fingerprint density at radius 3 is 2.31 bits per heavy atom. The van der Waals surface area contributed by atoms with Crippen LogP contribution in [0.2, 0.25) is 0 Å². The first-order valence-corrected chi connectivity index (χ1v) is 9.05. The Hall–Kier alpha value is -2.40. The lowest BCUT2D eigenvalue weighted by atomic mass is 9.87. The monoisotopic (exact) mass is 416 g/mol. The number of phenolic OH excluding ortho intramolecular Hbond substituents is 1. The van der Waals surface area contributed by atoms with Gasteiger partial charge in [0.1, 0.15) is 5.82 Å². The van der Waals surface area contributed by atoms with Crippen molar-refractivity contribution in [2.24, 2.45) is 0 Å². The van der Waals surface area contributed by atoms with Crippen LogP contribution < -0.4 is 4.74 Å². The average Bonchev–Trinajstić information content (AvgIpc) is 2.63. The molecule has 1 saturated carbocycles. The number of carbonyl (C=O) groups is 1. The summed E-state index contributed by atoms with van der Waals surface area (Å²) in [7, 11) is 1.49. The molecule has 2 aromatic rings. The van der Waals surface area contributed by atoms with Gasteiger partial charge < -0.3 is 9.84 Å². The Morgan fingerprint density at radius 1 is 1.08 bits per heavy atom.